The summed E-state index contributed by atoms with van der Waals surface area (Å²) in [6.07, 6.45) is 0. The Hall–Kier alpha value is -1.39. The highest BCUT2D eigenvalue weighted by Gasteiger charge is 2.13. The molecule has 0 saturated heterocycles. The zero-order chi connectivity index (χ0) is 11.0. The molecule has 2 rings (SSSR count). The van der Waals surface area contributed by atoms with Crippen LogP contribution in [0.1, 0.15) is 17.4 Å². The monoisotopic (exact) mass is 205 g/mol. The van der Waals surface area contributed by atoms with Crippen LogP contribution in [-0.4, -0.2) is 21.3 Å². The maximum absolute atomic E-state index is 9.01. The summed E-state index contributed by atoms with van der Waals surface area (Å²) in [4.78, 5) is 4.42. The Morgan fingerprint density at radius 2 is 2.27 bits per heavy atom. The molecule has 1 heterocycles. The van der Waals surface area contributed by atoms with Crippen LogP contribution in [0.2, 0.25) is 0 Å². The summed E-state index contributed by atoms with van der Waals surface area (Å²) in [5.41, 5.74) is 8.90. The predicted octanol–water partition coefficient (Wildman–Crippen LogP) is 0.874. The number of hydrogen-bond acceptors (Lipinski definition) is 3. The van der Waals surface area contributed by atoms with E-state index in [1.54, 1.807) is 0 Å². The SMILES string of the molecule is Cc1ccc2c(c1)nc(C(N)CO)n2C. The highest BCUT2D eigenvalue weighted by atomic mass is 16.3. The molecule has 1 aromatic heterocycles. The van der Waals surface area contributed by atoms with E-state index in [2.05, 4.69) is 4.98 Å². The van der Waals surface area contributed by atoms with Crippen LogP contribution in [0.4, 0.5) is 0 Å². The number of aryl methyl sites for hydroxylation is 2. The van der Waals surface area contributed by atoms with Crippen molar-refractivity contribution in [2.45, 2.75) is 13.0 Å². The van der Waals surface area contributed by atoms with Crippen LogP contribution < -0.4 is 5.73 Å². The number of aromatic nitrogens is 2. The Morgan fingerprint density at radius 3 is 2.93 bits per heavy atom. The topological polar surface area (TPSA) is 64.1 Å². The first-order chi connectivity index (χ1) is 7.13. The fourth-order valence-electron chi connectivity index (χ4n) is 1.74. The summed E-state index contributed by atoms with van der Waals surface area (Å²) in [6, 6.07) is 5.66. The molecule has 4 nitrogen and oxygen atoms in total. The second kappa shape index (κ2) is 3.64. The number of rotatable bonds is 2. The number of nitrogens with zero attached hydrogens (tertiary/aromatic N) is 2. The van der Waals surface area contributed by atoms with E-state index in [1.165, 1.54) is 5.56 Å². The van der Waals surface area contributed by atoms with Crippen LogP contribution in [0.5, 0.6) is 0 Å². The fraction of sp³-hybridized carbons (Fsp3) is 0.364. The molecule has 1 aromatic carbocycles. The second-order valence-electron chi connectivity index (χ2n) is 3.81. The number of fused-ring (bicyclic) bond motifs is 1. The molecule has 0 aliphatic carbocycles. The first-order valence-electron chi connectivity index (χ1n) is 4.93. The predicted molar refractivity (Wildman–Crippen MR) is 59.5 cm³/mol. The third-order valence-corrected chi connectivity index (χ3v) is 2.60. The van der Waals surface area contributed by atoms with Crippen molar-refractivity contribution in [3.8, 4) is 0 Å². The van der Waals surface area contributed by atoms with Crippen LogP contribution in [0.25, 0.3) is 11.0 Å². The van der Waals surface area contributed by atoms with Gasteiger partial charge in [-0.25, -0.2) is 4.98 Å². The highest BCUT2D eigenvalue weighted by molar-refractivity contribution is 5.76. The smallest absolute Gasteiger partial charge is 0.128 e. The molecule has 4 heteroatoms. The standard InChI is InChI=1S/C11H15N3O/c1-7-3-4-10-9(5-7)13-11(14(10)2)8(12)6-15/h3-5,8,15H,6,12H2,1-2H3. The molecule has 0 fully saturated rings. The van der Waals surface area contributed by atoms with Crippen molar-refractivity contribution in [3.05, 3.63) is 29.6 Å². The molecule has 0 aliphatic heterocycles. The van der Waals surface area contributed by atoms with Crippen molar-refractivity contribution in [3.63, 3.8) is 0 Å². The number of benzene rings is 1. The molecule has 1 atom stereocenters. The molecule has 3 N–H and O–H groups in total. The normalized spacial score (nSPS) is 13.3. The van der Waals surface area contributed by atoms with Crippen molar-refractivity contribution in [1.29, 1.82) is 0 Å². The first kappa shape index (κ1) is 10.1. The second-order valence-corrected chi connectivity index (χ2v) is 3.81. The molecule has 15 heavy (non-hydrogen) atoms. The average Bonchev–Trinajstić information content (AvgIpc) is 2.54. The first-order valence-corrected chi connectivity index (χ1v) is 4.93. The van der Waals surface area contributed by atoms with Crippen molar-refractivity contribution >= 4 is 11.0 Å². The van der Waals surface area contributed by atoms with Crippen molar-refractivity contribution in [2.75, 3.05) is 6.61 Å². The molecule has 0 saturated carbocycles. The summed E-state index contributed by atoms with van der Waals surface area (Å²) in [5.74, 6) is 0.720. The Balaban J connectivity index is 2.63. The quantitative estimate of drug-likeness (QED) is 0.764. The lowest BCUT2D eigenvalue weighted by molar-refractivity contribution is 0.262. The van der Waals surface area contributed by atoms with Gasteiger partial charge in [0, 0.05) is 7.05 Å². The molecule has 0 aliphatic rings. The zero-order valence-corrected chi connectivity index (χ0v) is 8.94. The maximum atomic E-state index is 9.01. The summed E-state index contributed by atoms with van der Waals surface area (Å²) >= 11 is 0. The Kier molecular flexibility index (Phi) is 2.46. The lowest BCUT2D eigenvalue weighted by atomic mass is 10.2. The molecule has 0 amide bonds. The van der Waals surface area contributed by atoms with Crippen molar-refractivity contribution in [2.24, 2.45) is 12.8 Å². The zero-order valence-electron chi connectivity index (χ0n) is 8.94. The average molecular weight is 205 g/mol. The summed E-state index contributed by atoms with van der Waals surface area (Å²) in [5, 5.41) is 9.01. The van der Waals surface area contributed by atoms with Crippen LogP contribution in [-0.2, 0) is 7.05 Å². The maximum Gasteiger partial charge on any atom is 0.128 e. The number of nitrogens with two attached hydrogens (primary N) is 1. The molecular formula is C11H15N3O. The molecule has 0 radical (unpaired) electrons. The summed E-state index contributed by atoms with van der Waals surface area (Å²) < 4.78 is 1.93. The van der Waals surface area contributed by atoms with Gasteiger partial charge in [0.05, 0.1) is 23.7 Å². The highest BCUT2D eigenvalue weighted by Crippen LogP contribution is 2.19. The largest absolute Gasteiger partial charge is 0.394 e. The van der Waals surface area contributed by atoms with E-state index in [1.807, 2.05) is 36.7 Å². The van der Waals surface area contributed by atoms with Gasteiger partial charge in [-0.15, -0.1) is 0 Å². The van der Waals surface area contributed by atoms with Gasteiger partial charge >= 0.3 is 0 Å². The van der Waals surface area contributed by atoms with E-state index in [-0.39, 0.29) is 6.61 Å². The molecule has 0 spiro atoms. The fourth-order valence-corrected chi connectivity index (χ4v) is 1.74. The van der Waals surface area contributed by atoms with Crippen molar-refractivity contribution in [1.82, 2.24) is 9.55 Å². The molecule has 2 aromatic rings. The lowest BCUT2D eigenvalue weighted by Crippen LogP contribution is -2.18. The molecule has 80 valence electrons. The summed E-state index contributed by atoms with van der Waals surface area (Å²) in [7, 11) is 1.91. The van der Waals surface area contributed by atoms with Gasteiger partial charge < -0.3 is 15.4 Å². The number of hydrogen-bond donors (Lipinski definition) is 2. The van der Waals surface area contributed by atoms with Gasteiger partial charge in [-0.05, 0) is 24.6 Å². The van der Waals surface area contributed by atoms with Gasteiger partial charge in [0.15, 0.2) is 0 Å². The van der Waals surface area contributed by atoms with E-state index in [0.29, 0.717) is 0 Å². The van der Waals surface area contributed by atoms with E-state index >= 15 is 0 Å². The summed E-state index contributed by atoms with van der Waals surface area (Å²) in [6.45, 7) is 1.94. The van der Waals surface area contributed by atoms with Gasteiger partial charge in [-0.2, -0.15) is 0 Å². The Labute approximate surface area is 88.3 Å². The van der Waals surface area contributed by atoms with E-state index in [0.717, 1.165) is 16.9 Å². The van der Waals surface area contributed by atoms with Crippen LogP contribution in [0, 0.1) is 6.92 Å². The van der Waals surface area contributed by atoms with Crippen LogP contribution in [0.15, 0.2) is 18.2 Å². The number of aliphatic hydroxyl groups excluding tert-OH is 1. The minimum absolute atomic E-state index is 0.0872. The lowest BCUT2D eigenvalue weighted by Gasteiger charge is -2.07. The Morgan fingerprint density at radius 1 is 1.53 bits per heavy atom. The van der Waals surface area contributed by atoms with Crippen LogP contribution in [0.3, 0.4) is 0 Å². The van der Waals surface area contributed by atoms with Gasteiger partial charge in [0.2, 0.25) is 0 Å². The Bertz CT molecular complexity index is 490. The van der Waals surface area contributed by atoms with Gasteiger partial charge in [-0.1, -0.05) is 6.07 Å². The van der Waals surface area contributed by atoms with Gasteiger partial charge in [-0.3, -0.25) is 0 Å². The van der Waals surface area contributed by atoms with E-state index in [9.17, 15) is 0 Å². The number of imidazole rings is 1. The number of aliphatic hydroxyl groups is 1. The third kappa shape index (κ3) is 1.62. The molecule has 0 bridgehead atoms. The van der Waals surface area contributed by atoms with Crippen molar-refractivity contribution < 1.29 is 5.11 Å². The molecule has 1 unspecified atom stereocenters. The van der Waals surface area contributed by atoms with Gasteiger partial charge in [0.25, 0.3) is 0 Å². The van der Waals surface area contributed by atoms with E-state index in [4.69, 9.17) is 10.8 Å². The third-order valence-electron chi connectivity index (χ3n) is 2.60. The minimum Gasteiger partial charge on any atom is -0.394 e. The van der Waals surface area contributed by atoms with E-state index < -0.39 is 6.04 Å². The van der Waals surface area contributed by atoms with Gasteiger partial charge in [0.1, 0.15) is 5.82 Å². The van der Waals surface area contributed by atoms with Crippen LogP contribution >= 0.6 is 0 Å². The minimum atomic E-state index is -0.414. The molecular weight excluding hydrogens is 190 g/mol.